The molecule has 4 rings (SSSR count). The van der Waals surface area contributed by atoms with E-state index in [4.69, 9.17) is 17.0 Å². The van der Waals surface area contributed by atoms with Crippen molar-refractivity contribution in [3.8, 4) is 0 Å². The van der Waals surface area contributed by atoms with Gasteiger partial charge in [-0.2, -0.15) is 0 Å². The number of hydrogen-bond acceptors (Lipinski definition) is 5. The number of thioether (sulfide) groups is 1. The van der Waals surface area contributed by atoms with E-state index >= 15 is 0 Å². The monoisotopic (exact) mass is 360 g/mol. The zero-order valence-electron chi connectivity index (χ0n) is 13.4. The highest BCUT2D eigenvalue weighted by atomic mass is 32.2. The van der Waals surface area contributed by atoms with Crippen molar-refractivity contribution in [1.82, 2.24) is 4.90 Å². The average molecular weight is 361 g/mol. The first-order chi connectivity index (χ1) is 11.7. The number of carbonyl (C=O) groups is 1. The molecule has 0 aliphatic carbocycles. The van der Waals surface area contributed by atoms with E-state index in [0.29, 0.717) is 10.9 Å². The molecule has 1 aromatic rings. The van der Waals surface area contributed by atoms with Gasteiger partial charge >= 0.3 is 0 Å². The van der Waals surface area contributed by atoms with Gasteiger partial charge in [0.1, 0.15) is 4.32 Å². The molecule has 0 N–H and O–H groups in total. The maximum Gasteiger partial charge on any atom is 0.267 e. The van der Waals surface area contributed by atoms with Crippen molar-refractivity contribution in [2.75, 3.05) is 24.6 Å². The SMILES string of the molecule is O=C1/C(=C\N2CCCc3ccccc32)SC(=S)N1C[C@H]1CCCO1. The Morgan fingerprint density at radius 1 is 1.33 bits per heavy atom. The summed E-state index contributed by atoms with van der Waals surface area (Å²) < 4.78 is 6.30. The van der Waals surface area contributed by atoms with E-state index in [0.717, 1.165) is 43.7 Å². The van der Waals surface area contributed by atoms with Crippen molar-refractivity contribution in [3.05, 3.63) is 40.9 Å². The summed E-state index contributed by atoms with van der Waals surface area (Å²) in [7, 11) is 0. The summed E-state index contributed by atoms with van der Waals surface area (Å²) in [6.45, 7) is 2.31. The van der Waals surface area contributed by atoms with E-state index < -0.39 is 0 Å². The fourth-order valence-electron chi connectivity index (χ4n) is 3.48. The summed E-state index contributed by atoms with van der Waals surface area (Å²) in [5.41, 5.74) is 2.54. The molecule has 0 bridgehead atoms. The Hall–Kier alpha value is -1.37. The molecule has 3 heterocycles. The Morgan fingerprint density at radius 3 is 3.04 bits per heavy atom. The van der Waals surface area contributed by atoms with E-state index in [-0.39, 0.29) is 12.0 Å². The lowest BCUT2D eigenvalue weighted by Gasteiger charge is -2.28. The quantitative estimate of drug-likeness (QED) is 0.610. The standard InChI is InChI=1S/C18H20N2O2S2/c21-17-16(24-18(23)20(17)11-14-7-4-10-22-14)12-19-9-3-6-13-5-1-2-8-15(13)19/h1-2,5,8,12,14H,3-4,6-7,9-11H2/b16-12+/t14-/m1/s1. The van der Waals surface area contributed by atoms with Gasteiger partial charge < -0.3 is 9.64 Å². The van der Waals surface area contributed by atoms with Crippen molar-refractivity contribution in [1.29, 1.82) is 0 Å². The lowest BCUT2D eigenvalue weighted by Crippen LogP contribution is -2.35. The van der Waals surface area contributed by atoms with Gasteiger partial charge in [0.15, 0.2) is 0 Å². The van der Waals surface area contributed by atoms with E-state index in [1.54, 1.807) is 4.90 Å². The van der Waals surface area contributed by atoms with E-state index in [1.165, 1.54) is 23.0 Å². The minimum absolute atomic E-state index is 0.0172. The van der Waals surface area contributed by atoms with Crippen LogP contribution >= 0.6 is 24.0 Å². The highest BCUT2D eigenvalue weighted by molar-refractivity contribution is 8.26. The Labute approximate surface area is 151 Å². The molecule has 0 saturated carbocycles. The molecular formula is C18H20N2O2S2. The molecule has 2 saturated heterocycles. The zero-order valence-corrected chi connectivity index (χ0v) is 15.1. The summed E-state index contributed by atoms with van der Waals surface area (Å²) in [4.78, 5) is 17.4. The van der Waals surface area contributed by atoms with Crippen LogP contribution in [0.1, 0.15) is 24.8 Å². The normalized spacial score (nSPS) is 25.7. The number of aryl methyl sites for hydroxylation is 1. The van der Waals surface area contributed by atoms with Crippen LogP contribution in [0, 0.1) is 0 Å². The molecule has 1 atom stereocenters. The number of fused-ring (bicyclic) bond motifs is 1. The molecule has 0 spiro atoms. The third-order valence-corrected chi connectivity index (χ3v) is 6.07. The van der Waals surface area contributed by atoms with Gasteiger partial charge in [-0.1, -0.05) is 42.2 Å². The molecule has 3 aliphatic rings. The largest absolute Gasteiger partial charge is 0.376 e. The highest BCUT2D eigenvalue weighted by Crippen LogP contribution is 2.35. The van der Waals surface area contributed by atoms with Gasteiger partial charge in [0.05, 0.1) is 17.6 Å². The van der Waals surface area contributed by atoms with Crippen molar-refractivity contribution < 1.29 is 9.53 Å². The zero-order chi connectivity index (χ0) is 16.5. The van der Waals surface area contributed by atoms with Gasteiger partial charge in [-0.25, -0.2) is 0 Å². The molecular weight excluding hydrogens is 340 g/mol. The maximum atomic E-state index is 12.8. The molecule has 126 valence electrons. The van der Waals surface area contributed by atoms with E-state index in [1.807, 2.05) is 12.3 Å². The lowest BCUT2D eigenvalue weighted by atomic mass is 10.0. The maximum absolute atomic E-state index is 12.8. The van der Waals surface area contributed by atoms with Gasteiger partial charge in [0.2, 0.25) is 0 Å². The fourth-order valence-corrected chi connectivity index (χ4v) is 4.74. The van der Waals surface area contributed by atoms with Crippen LogP contribution in [0.2, 0.25) is 0 Å². The fraction of sp³-hybridized carbons (Fsp3) is 0.444. The number of para-hydroxylation sites is 1. The Morgan fingerprint density at radius 2 is 2.21 bits per heavy atom. The molecule has 1 amide bonds. The first kappa shape index (κ1) is 16.1. The van der Waals surface area contributed by atoms with Crippen molar-refractivity contribution in [2.45, 2.75) is 31.8 Å². The molecule has 0 aromatic heterocycles. The molecule has 6 heteroatoms. The van der Waals surface area contributed by atoms with Crippen molar-refractivity contribution in [3.63, 3.8) is 0 Å². The number of ether oxygens (including phenoxy) is 1. The molecule has 24 heavy (non-hydrogen) atoms. The Bertz CT molecular complexity index is 698. The minimum Gasteiger partial charge on any atom is -0.376 e. The minimum atomic E-state index is 0.0172. The van der Waals surface area contributed by atoms with Crippen LogP contribution in [0.4, 0.5) is 5.69 Å². The molecule has 4 nitrogen and oxygen atoms in total. The predicted octanol–water partition coefficient (Wildman–Crippen LogP) is 3.32. The first-order valence-corrected chi connectivity index (χ1v) is 9.66. The summed E-state index contributed by atoms with van der Waals surface area (Å²) in [6, 6.07) is 8.41. The van der Waals surface area contributed by atoms with E-state index in [9.17, 15) is 4.79 Å². The topological polar surface area (TPSA) is 32.8 Å². The predicted molar refractivity (Wildman–Crippen MR) is 101 cm³/mol. The van der Waals surface area contributed by atoms with Crippen LogP contribution < -0.4 is 4.90 Å². The van der Waals surface area contributed by atoms with Crippen molar-refractivity contribution in [2.24, 2.45) is 0 Å². The van der Waals surface area contributed by atoms with Crippen LogP contribution in [-0.4, -0.2) is 40.9 Å². The van der Waals surface area contributed by atoms with E-state index in [2.05, 4.69) is 23.1 Å². The highest BCUT2D eigenvalue weighted by Gasteiger charge is 2.35. The summed E-state index contributed by atoms with van der Waals surface area (Å²) in [5, 5.41) is 0. The number of amides is 1. The third-order valence-electron chi connectivity index (χ3n) is 4.70. The summed E-state index contributed by atoms with van der Waals surface area (Å²) in [6.07, 6.45) is 6.38. The van der Waals surface area contributed by atoms with Crippen molar-refractivity contribution >= 4 is 39.9 Å². The second-order valence-corrected chi connectivity index (χ2v) is 8.01. The van der Waals surface area contributed by atoms with Gasteiger partial charge in [-0.05, 0) is 37.3 Å². The van der Waals surface area contributed by atoms with Gasteiger partial charge in [0.25, 0.3) is 5.91 Å². The lowest BCUT2D eigenvalue weighted by molar-refractivity contribution is -0.123. The molecule has 1 aromatic carbocycles. The summed E-state index contributed by atoms with van der Waals surface area (Å²) in [5.74, 6) is 0.0172. The van der Waals surface area contributed by atoms with Gasteiger partial charge in [0, 0.05) is 25.0 Å². The number of anilines is 1. The first-order valence-electron chi connectivity index (χ1n) is 8.44. The number of thiocarbonyl (C=S) groups is 1. The number of rotatable bonds is 3. The molecule has 2 fully saturated rings. The number of hydrogen-bond donors (Lipinski definition) is 0. The number of benzene rings is 1. The van der Waals surface area contributed by atoms with Crippen LogP contribution in [0.5, 0.6) is 0 Å². The van der Waals surface area contributed by atoms with Crippen LogP contribution in [0.25, 0.3) is 0 Å². The second-order valence-electron chi connectivity index (χ2n) is 6.34. The van der Waals surface area contributed by atoms with Crippen LogP contribution in [0.15, 0.2) is 35.4 Å². The second kappa shape index (κ2) is 6.86. The van der Waals surface area contributed by atoms with Crippen LogP contribution in [0.3, 0.4) is 0 Å². The third kappa shape index (κ3) is 3.10. The van der Waals surface area contributed by atoms with Gasteiger partial charge in [-0.15, -0.1) is 0 Å². The van der Waals surface area contributed by atoms with Gasteiger partial charge in [-0.3, -0.25) is 9.69 Å². The average Bonchev–Trinajstić information content (AvgIpc) is 3.20. The number of carbonyl (C=O) groups excluding carboxylic acids is 1. The summed E-state index contributed by atoms with van der Waals surface area (Å²) >= 11 is 6.83. The molecule has 0 unspecified atom stereocenters. The smallest absolute Gasteiger partial charge is 0.267 e. The molecule has 3 aliphatic heterocycles. The Kier molecular flexibility index (Phi) is 4.61. The Balaban J connectivity index is 1.53. The molecule has 0 radical (unpaired) electrons. The number of nitrogens with zero attached hydrogens (tertiary/aromatic N) is 2. The van der Waals surface area contributed by atoms with Crippen LogP contribution in [-0.2, 0) is 16.0 Å².